The number of aldehydes is 1. The SMILES string of the molecule is C1CCCCCCCCC1.C1CCCCCCCCC1.C1CCCCCCCCC1.C=C(C)C(=O)OCC=O. The van der Waals surface area contributed by atoms with Crippen molar-refractivity contribution in [1.82, 2.24) is 0 Å². The number of hydrogen-bond acceptors (Lipinski definition) is 3. The summed E-state index contributed by atoms with van der Waals surface area (Å²) in [5.74, 6) is -0.526. The zero-order valence-corrected chi connectivity index (χ0v) is 26.4. The van der Waals surface area contributed by atoms with Crippen molar-refractivity contribution in [3.8, 4) is 0 Å². The Balaban J connectivity index is 0.000000494. The average Bonchev–Trinajstić information content (AvgIpc) is 2.97. The summed E-state index contributed by atoms with van der Waals surface area (Å²) in [6, 6.07) is 0. The molecule has 0 aromatic heterocycles. The first kappa shape index (κ1) is 37.9. The van der Waals surface area contributed by atoms with E-state index in [1.54, 1.807) is 0 Å². The quantitative estimate of drug-likeness (QED) is 0.200. The fourth-order valence-corrected chi connectivity index (χ4v) is 5.54. The molecule has 3 aliphatic carbocycles. The number of esters is 1. The van der Waals surface area contributed by atoms with Gasteiger partial charge in [0.25, 0.3) is 0 Å². The van der Waals surface area contributed by atoms with Gasteiger partial charge in [-0.25, -0.2) is 4.79 Å². The topological polar surface area (TPSA) is 43.4 Å². The second kappa shape index (κ2) is 33.1. The third-order valence-electron chi connectivity index (χ3n) is 8.13. The molecule has 0 N–H and O–H groups in total. The molecule has 230 valence electrons. The van der Waals surface area contributed by atoms with Gasteiger partial charge in [0, 0.05) is 5.57 Å². The molecule has 3 rings (SSSR count). The van der Waals surface area contributed by atoms with Crippen molar-refractivity contribution < 1.29 is 14.3 Å². The molecule has 3 heteroatoms. The first-order valence-electron chi connectivity index (χ1n) is 17.4. The summed E-state index contributed by atoms with van der Waals surface area (Å²) in [6.45, 7) is 4.65. The molecule has 0 saturated heterocycles. The number of hydrogen-bond donors (Lipinski definition) is 0. The predicted octanol–water partition coefficient (Wildman–Crippen LogP) is 12.0. The fraction of sp³-hybridized carbons (Fsp3) is 0.889. The van der Waals surface area contributed by atoms with Gasteiger partial charge in [-0.15, -0.1) is 0 Å². The lowest BCUT2D eigenvalue weighted by molar-refractivity contribution is -0.141. The Morgan fingerprint density at radius 1 is 0.462 bits per heavy atom. The molecule has 0 aromatic carbocycles. The van der Waals surface area contributed by atoms with E-state index in [1.807, 2.05) is 0 Å². The molecular formula is C36H68O3. The highest BCUT2D eigenvalue weighted by atomic mass is 16.5. The van der Waals surface area contributed by atoms with Gasteiger partial charge < -0.3 is 4.74 Å². The van der Waals surface area contributed by atoms with Crippen LogP contribution < -0.4 is 0 Å². The van der Waals surface area contributed by atoms with E-state index < -0.39 is 5.97 Å². The number of carbonyl (C=O) groups excluding carboxylic acids is 2. The summed E-state index contributed by atoms with van der Waals surface area (Å²) in [5.41, 5.74) is 0.303. The smallest absolute Gasteiger partial charge is 0.333 e. The van der Waals surface area contributed by atoms with Gasteiger partial charge in [0.05, 0.1) is 0 Å². The number of rotatable bonds is 3. The molecule has 0 bridgehead atoms. The standard InChI is InChI=1S/3C10H20.C6H8O3/c3*1-2-4-6-8-10-9-7-5-3-1;1-5(2)6(8)9-4-3-7/h3*1-10H2;3H,1,4H2,2H3. The molecule has 0 aliphatic heterocycles. The molecule has 3 fully saturated rings. The highest BCUT2D eigenvalue weighted by Gasteiger charge is 2.00. The van der Waals surface area contributed by atoms with E-state index in [2.05, 4.69) is 11.3 Å². The maximum absolute atomic E-state index is 10.4. The normalized spacial score (nSPS) is 20.3. The number of carbonyl (C=O) groups is 2. The fourth-order valence-electron chi connectivity index (χ4n) is 5.54. The van der Waals surface area contributed by atoms with Crippen LogP contribution in [0.25, 0.3) is 0 Å². The molecule has 0 aromatic rings. The molecule has 3 nitrogen and oxygen atoms in total. The molecular weight excluding hydrogens is 480 g/mol. The van der Waals surface area contributed by atoms with Crippen LogP contribution in [0.15, 0.2) is 12.2 Å². The van der Waals surface area contributed by atoms with Gasteiger partial charge in [-0.05, 0) is 6.92 Å². The lowest BCUT2D eigenvalue weighted by atomic mass is 10.0. The van der Waals surface area contributed by atoms with E-state index >= 15 is 0 Å². The molecule has 0 amide bonds. The summed E-state index contributed by atoms with van der Waals surface area (Å²) in [6.07, 6.45) is 45.5. The summed E-state index contributed by atoms with van der Waals surface area (Å²) in [5, 5.41) is 0. The van der Waals surface area contributed by atoms with Gasteiger partial charge in [-0.1, -0.05) is 199 Å². The molecule has 0 heterocycles. The van der Waals surface area contributed by atoms with Gasteiger partial charge in [0.1, 0.15) is 6.61 Å². The van der Waals surface area contributed by atoms with Crippen LogP contribution in [-0.4, -0.2) is 18.9 Å². The predicted molar refractivity (Wildman–Crippen MR) is 170 cm³/mol. The van der Waals surface area contributed by atoms with E-state index in [-0.39, 0.29) is 6.61 Å². The second-order valence-electron chi connectivity index (χ2n) is 12.2. The summed E-state index contributed by atoms with van der Waals surface area (Å²) in [4.78, 5) is 20.0. The van der Waals surface area contributed by atoms with Crippen LogP contribution >= 0.6 is 0 Å². The molecule has 3 aliphatic rings. The maximum Gasteiger partial charge on any atom is 0.333 e. The van der Waals surface area contributed by atoms with E-state index in [0.717, 1.165) is 0 Å². The maximum atomic E-state index is 10.4. The zero-order valence-electron chi connectivity index (χ0n) is 26.4. The van der Waals surface area contributed by atoms with Crippen molar-refractivity contribution >= 4 is 12.3 Å². The van der Waals surface area contributed by atoms with Gasteiger partial charge >= 0.3 is 5.97 Å². The lowest BCUT2D eigenvalue weighted by Crippen LogP contribution is -2.06. The molecule has 0 radical (unpaired) electrons. The minimum Gasteiger partial charge on any atom is -0.455 e. The van der Waals surface area contributed by atoms with Crippen molar-refractivity contribution in [2.45, 2.75) is 200 Å². The van der Waals surface area contributed by atoms with Crippen molar-refractivity contribution in [2.75, 3.05) is 6.61 Å². The summed E-state index contributed by atoms with van der Waals surface area (Å²) in [7, 11) is 0. The van der Waals surface area contributed by atoms with Gasteiger partial charge in [0.2, 0.25) is 0 Å². The van der Waals surface area contributed by atoms with E-state index in [0.29, 0.717) is 11.9 Å². The minimum absolute atomic E-state index is 0.189. The molecule has 39 heavy (non-hydrogen) atoms. The van der Waals surface area contributed by atoms with Gasteiger partial charge in [-0.3, -0.25) is 4.79 Å². The first-order chi connectivity index (χ1) is 19.2. The second-order valence-corrected chi connectivity index (χ2v) is 12.2. The monoisotopic (exact) mass is 549 g/mol. The first-order valence-corrected chi connectivity index (χ1v) is 17.4. The largest absolute Gasteiger partial charge is 0.455 e. The van der Waals surface area contributed by atoms with Crippen molar-refractivity contribution in [1.29, 1.82) is 0 Å². The highest BCUT2D eigenvalue weighted by Crippen LogP contribution is 2.17. The van der Waals surface area contributed by atoms with Crippen molar-refractivity contribution in [2.24, 2.45) is 0 Å². The van der Waals surface area contributed by atoms with Gasteiger partial charge in [0.15, 0.2) is 6.29 Å². The third-order valence-corrected chi connectivity index (χ3v) is 8.13. The van der Waals surface area contributed by atoms with Crippen molar-refractivity contribution in [3.63, 3.8) is 0 Å². The average molecular weight is 549 g/mol. The van der Waals surface area contributed by atoms with Crippen LogP contribution in [0.5, 0.6) is 0 Å². The molecule has 0 spiro atoms. The van der Waals surface area contributed by atoms with Crippen LogP contribution in [0.1, 0.15) is 200 Å². The Morgan fingerprint density at radius 3 is 0.718 bits per heavy atom. The summed E-state index contributed by atoms with van der Waals surface area (Å²) >= 11 is 0. The number of ether oxygens (including phenoxy) is 1. The third kappa shape index (κ3) is 33.0. The van der Waals surface area contributed by atoms with E-state index in [1.165, 1.54) is 200 Å². The van der Waals surface area contributed by atoms with Crippen molar-refractivity contribution in [3.05, 3.63) is 12.2 Å². The molecule has 0 unspecified atom stereocenters. The van der Waals surface area contributed by atoms with Crippen LogP contribution in [0, 0.1) is 0 Å². The van der Waals surface area contributed by atoms with Gasteiger partial charge in [-0.2, -0.15) is 0 Å². The van der Waals surface area contributed by atoms with Crippen LogP contribution in [0.2, 0.25) is 0 Å². The lowest BCUT2D eigenvalue weighted by Gasteiger charge is -2.05. The van der Waals surface area contributed by atoms with Crippen LogP contribution in [-0.2, 0) is 14.3 Å². The van der Waals surface area contributed by atoms with Crippen LogP contribution in [0.3, 0.4) is 0 Å². The Hall–Kier alpha value is -1.12. The van der Waals surface area contributed by atoms with E-state index in [9.17, 15) is 9.59 Å². The molecule has 3 saturated carbocycles. The van der Waals surface area contributed by atoms with E-state index in [4.69, 9.17) is 0 Å². The Kier molecular flexibility index (Phi) is 32.1. The highest BCUT2D eigenvalue weighted by molar-refractivity contribution is 5.87. The zero-order chi connectivity index (χ0) is 28.5. The Morgan fingerprint density at radius 2 is 0.615 bits per heavy atom. The molecule has 0 atom stereocenters. The Bertz CT molecular complexity index is 380. The Labute approximate surface area is 244 Å². The van der Waals surface area contributed by atoms with Crippen LogP contribution in [0.4, 0.5) is 0 Å². The summed E-state index contributed by atoms with van der Waals surface area (Å²) < 4.78 is 4.35. The minimum atomic E-state index is -0.526.